The van der Waals surface area contributed by atoms with E-state index in [1.165, 1.54) is 6.07 Å². The molecule has 0 fully saturated rings. The van der Waals surface area contributed by atoms with Crippen LogP contribution in [0.4, 0.5) is 4.39 Å². The first-order valence-electron chi connectivity index (χ1n) is 5.82. The van der Waals surface area contributed by atoms with Crippen LogP contribution in [0.5, 0.6) is 0 Å². The van der Waals surface area contributed by atoms with Gasteiger partial charge in [-0.1, -0.05) is 39.7 Å². The Morgan fingerprint density at radius 2 is 1.95 bits per heavy atom. The van der Waals surface area contributed by atoms with Gasteiger partial charge in [0, 0.05) is 26.8 Å². The largest absolute Gasteiger partial charge is 0.343 e. The number of halogens is 3. The van der Waals surface area contributed by atoms with E-state index in [0.717, 1.165) is 15.4 Å². The highest BCUT2D eigenvalue weighted by Gasteiger charge is 2.06. The van der Waals surface area contributed by atoms with Gasteiger partial charge in [0.1, 0.15) is 5.82 Å². The van der Waals surface area contributed by atoms with Crippen molar-refractivity contribution >= 4 is 38.4 Å². The second kappa shape index (κ2) is 4.99. The van der Waals surface area contributed by atoms with E-state index in [1.54, 1.807) is 6.07 Å². The van der Waals surface area contributed by atoms with E-state index in [1.807, 2.05) is 41.1 Å². The van der Waals surface area contributed by atoms with E-state index in [-0.39, 0.29) is 5.82 Å². The third-order valence-corrected chi connectivity index (χ3v) is 3.82. The highest BCUT2D eigenvalue weighted by molar-refractivity contribution is 9.10. The maximum atomic E-state index is 13.9. The molecule has 1 nitrogen and oxygen atoms in total. The lowest BCUT2D eigenvalue weighted by Crippen LogP contribution is -2.00. The zero-order valence-corrected chi connectivity index (χ0v) is 12.2. The molecule has 4 heteroatoms. The van der Waals surface area contributed by atoms with Crippen LogP contribution in [0.25, 0.3) is 10.9 Å². The van der Waals surface area contributed by atoms with Crippen LogP contribution in [0.3, 0.4) is 0 Å². The van der Waals surface area contributed by atoms with Gasteiger partial charge in [-0.15, -0.1) is 0 Å². The van der Waals surface area contributed by atoms with Crippen molar-refractivity contribution in [2.45, 2.75) is 6.54 Å². The molecule has 0 N–H and O–H groups in total. The minimum absolute atomic E-state index is 0.210. The highest BCUT2D eigenvalue weighted by atomic mass is 79.9. The van der Waals surface area contributed by atoms with Crippen molar-refractivity contribution in [3.8, 4) is 0 Å². The Morgan fingerprint density at radius 1 is 1.11 bits per heavy atom. The second-order valence-corrected chi connectivity index (χ2v) is 5.73. The van der Waals surface area contributed by atoms with Gasteiger partial charge in [-0.2, -0.15) is 0 Å². The van der Waals surface area contributed by atoms with Gasteiger partial charge >= 0.3 is 0 Å². The smallest absolute Gasteiger partial charge is 0.129 e. The predicted octanol–water partition coefficient (Wildman–Crippen LogP) is 5.24. The standard InChI is InChI=1S/C15H10BrClFN/c16-12-3-1-11(14(18)7-12)9-19-6-5-10-2-4-13(17)8-15(10)19/h1-8H,9H2. The van der Waals surface area contributed by atoms with Crippen molar-refractivity contribution in [3.63, 3.8) is 0 Å². The number of nitrogens with zero attached hydrogens (tertiary/aromatic N) is 1. The maximum absolute atomic E-state index is 13.9. The Bertz CT molecular complexity index is 751. The molecule has 0 bridgehead atoms. The molecule has 0 saturated heterocycles. The molecule has 0 amide bonds. The average Bonchev–Trinajstić information content (AvgIpc) is 2.75. The van der Waals surface area contributed by atoms with Crippen LogP contribution in [-0.2, 0) is 6.54 Å². The van der Waals surface area contributed by atoms with Crippen molar-refractivity contribution in [2.75, 3.05) is 0 Å². The van der Waals surface area contributed by atoms with Crippen LogP contribution in [-0.4, -0.2) is 4.57 Å². The number of benzene rings is 2. The number of rotatable bonds is 2. The first-order chi connectivity index (χ1) is 9.13. The SMILES string of the molecule is Fc1cc(Br)ccc1Cn1ccc2ccc(Cl)cc21. The Hall–Kier alpha value is -1.32. The lowest BCUT2D eigenvalue weighted by Gasteiger charge is -2.07. The summed E-state index contributed by atoms with van der Waals surface area (Å²) in [6.45, 7) is 0.489. The average molecular weight is 339 g/mol. The summed E-state index contributed by atoms with van der Waals surface area (Å²) in [7, 11) is 0. The van der Waals surface area contributed by atoms with Gasteiger partial charge in [-0.05, 0) is 35.7 Å². The van der Waals surface area contributed by atoms with Crippen LogP contribution in [0, 0.1) is 5.82 Å². The summed E-state index contributed by atoms with van der Waals surface area (Å²) in [6, 6.07) is 12.8. The Balaban J connectivity index is 2.03. The molecule has 3 aromatic rings. The fourth-order valence-electron chi connectivity index (χ4n) is 2.13. The normalized spacial score (nSPS) is 11.1. The molecule has 0 spiro atoms. The third-order valence-electron chi connectivity index (χ3n) is 3.09. The molecule has 19 heavy (non-hydrogen) atoms. The third kappa shape index (κ3) is 2.53. The highest BCUT2D eigenvalue weighted by Crippen LogP contribution is 2.23. The van der Waals surface area contributed by atoms with Gasteiger partial charge in [0.05, 0.1) is 6.54 Å². The molecular weight excluding hydrogens is 329 g/mol. The molecule has 0 saturated carbocycles. The number of fused-ring (bicyclic) bond motifs is 1. The molecule has 2 aromatic carbocycles. The van der Waals surface area contributed by atoms with Gasteiger partial charge in [-0.25, -0.2) is 4.39 Å². The summed E-state index contributed by atoms with van der Waals surface area (Å²) in [5, 5.41) is 1.78. The van der Waals surface area contributed by atoms with Gasteiger partial charge in [-0.3, -0.25) is 0 Å². The van der Waals surface area contributed by atoms with Gasteiger partial charge in [0.25, 0.3) is 0 Å². The zero-order valence-electron chi connectivity index (χ0n) is 9.91. The van der Waals surface area contributed by atoms with Gasteiger partial charge in [0.15, 0.2) is 0 Å². The van der Waals surface area contributed by atoms with Gasteiger partial charge < -0.3 is 4.57 Å². The second-order valence-electron chi connectivity index (χ2n) is 4.38. The molecule has 0 aliphatic carbocycles. The van der Waals surface area contributed by atoms with Crippen LogP contribution < -0.4 is 0 Å². The topological polar surface area (TPSA) is 4.93 Å². The van der Waals surface area contributed by atoms with E-state index in [4.69, 9.17) is 11.6 Å². The van der Waals surface area contributed by atoms with E-state index >= 15 is 0 Å². The fraction of sp³-hybridized carbons (Fsp3) is 0.0667. The van der Waals surface area contributed by atoms with E-state index in [9.17, 15) is 4.39 Å². The molecule has 0 radical (unpaired) electrons. The van der Waals surface area contributed by atoms with E-state index < -0.39 is 0 Å². The molecular formula is C15H10BrClFN. The molecule has 1 aromatic heterocycles. The van der Waals surface area contributed by atoms with Gasteiger partial charge in [0.2, 0.25) is 0 Å². The monoisotopic (exact) mass is 337 g/mol. The minimum atomic E-state index is -0.210. The first-order valence-corrected chi connectivity index (χ1v) is 6.99. The van der Waals surface area contributed by atoms with Crippen molar-refractivity contribution in [1.82, 2.24) is 4.57 Å². The molecule has 0 unspecified atom stereocenters. The van der Waals surface area contributed by atoms with Crippen molar-refractivity contribution in [2.24, 2.45) is 0 Å². The Morgan fingerprint density at radius 3 is 2.74 bits per heavy atom. The van der Waals surface area contributed by atoms with E-state index in [2.05, 4.69) is 15.9 Å². The molecule has 0 atom stereocenters. The van der Waals surface area contributed by atoms with Crippen LogP contribution in [0.15, 0.2) is 53.1 Å². The Labute approximate surface area is 123 Å². The van der Waals surface area contributed by atoms with Crippen molar-refractivity contribution in [1.29, 1.82) is 0 Å². The summed E-state index contributed by atoms with van der Waals surface area (Å²) >= 11 is 9.27. The van der Waals surface area contributed by atoms with Crippen molar-refractivity contribution in [3.05, 3.63) is 69.5 Å². The Kier molecular flexibility index (Phi) is 3.33. The quantitative estimate of drug-likeness (QED) is 0.602. The molecule has 0 aliphatic heterocycles. The summed E-state index contributed by atoms with van der Waals surface area (Å²) in [4.78, 5) is 0. The predicted molar refractivity (Wildman–Crippen MR) is 80.2 cm³/mol. The zero-order chi connectivity index (χ0) is 13.4. The summed E-state index contributed by atoms with van der Waals surface area (Å²) in [5.41, 5.74) is 1.66. The van der Waals surface area contributed by atoms with Crippen LogP contribution in [0.2, 0.25) is 5.02 Å². The molecule has 0 aliphatic rings. The molecule has 96 valence electrons. The lowest BCUT2D eigenvalue weighted by molar-refractivity contribution is 0.601. The molecule has 3 rings (SSSR count). The lowest BCUT2D eigenvalue weighted by atomic mass is 10.2. The minimum Gasteiger partial charge on any atom is -0.343 e. The van der Waals surface area contributed by atoms with Crippen LogP contribution >= 0.6 is 27.5 Å². The first kappa shape index (κ1) is 12.7. The summed E-state index contributed by atoms with van der Waals surface area (Å²) < 4.78 is 16.6. The van der Waals surface area contributed by atoms with E-state index in [0.29, 0.717) is 17.1 Å². The summed E-state index contributed by atoms with van der Waals surface area (Å²) in [5.74, 6) is -0.210. The number of aromatic nitrogens is 1. The van der Waals surface area contributed by atoms with Crippen LogP contribution in [0.1, 0.15) is 5.56 Å². The van der Waals surface area contributed by atoms with Crippen molar-refractivity contribution < 1.29 is 4.39 Å². The molecule has 1 heterocycles. The fourth-order valence-corrected chi connectivity index (χ4v) is 2.63. The maximum Gasteiger partial charge on any atom is 0.129 e. The number of hydrogen-bond donors (Lipinski definition) is 0. The number of hydrogen-bond acceptors (Lipinski definition) is 0. The summed E-state index contributed by atoms with van der Waals surface area (Å²) in [6.07, 6.45) is 1.95.